The van der Waals surface area contributed by atoms with Gasteiger partial charge in [-0.2, -0.15) is 0 Å². The van der Waals surface area contributed by atoms with Gasteiger partial charge in [0.25, 0.3) is 5.69 Å². The van der Waals surface area contributed by atoms with Crippen LogP contribution in [0.5, 0.6) is 11.5 Å². The van der Waals surface area contributed by atoms with E-state index in [2.05, 4.69) is 5.32 Å². The highest BCUT2D eigenvalue weighted by atomic mass is 35.5. The lowest BCUT2D eigenvalue weighted by Gasteiger charge is -2.03. The van der Waals surface area contributed by atoms with Crippen LogP contribution in [0.15, 0.2) is 36.4 Å². The lowest BCUT2D eigenvalue weighted by molar-refractivity contribution is -0.385. The summed E-state index contributed by atoms with van der Waals surface area (Å²) in [6.07, 6.45) is 2.39. The Hall–Kier alpha value is -3.13. The lowest BCUT2D eigenvalue weighted by atomic mass is 10.1. The third-order valence-electron chi connectivity index (χ3n) is 3.32. The van der Waals surface area contributed by atoms with Gasteiger partial charge in [0.05, 0.1) is 21.6 Å². The molecule has 0 saturated heterocycles. The van der Waals surface area contributed by atoms with Crippen molar-refractivity contribution in [1.82, 2.24) is 0 Å². The third-order valence-corrected chi connectivity index (χ3v) is 3.61. The zero-order valence-electron chi connectivity index (χ0n) is 12.5. The minimum absolute atomic E-state index is 0.0224. The van der Waals surface area contributed by atoms with Gasteiger partial charge in [-0.1, -0.05) is 11.6 Å². The van der Waals surface area contributed by atoms with Crippen LogP contribution < -0.4 is 14.8 Å². The maximum atomic E-state index is 13.1. The van der Waals surface area contributed by atoms with Gasteiger partial charge in [0.1, 0.15) is 5.82 Å². The predicted octanol–water partition coefficient (Wildman–Crippen LogP) is 3.77. The zero-order chi connectivity index (χ0) is 18.0. The van der Waals surface area contributed by atoms with Gasteiger partial charge in [-0.25, -0.2) is 4.39 Å². The van der Waals surface area contributed by atoms with Gasteiger partial charge in [-0.15, -0.1) is 0 Å². The number of nitrogens with one attached hydrogen (secondary N) is 1. The Bertz CT molecular complexity index is 900. The van der Waals surface area contributed by atoms with Crippen molar-refractivity contribution >= 4 is 35.0 Å². The number of hydrogen-bond acceptors (Lipinski definition) is 5. The van der Waals surface area contributed by atoms with Crippen molar-refractivity contribution in [3.8, 4) is 11.5 Å². The number of nitro groups is 1. The standard InChI is InChI=1S/C16H10ClFN2O5/c17-11-6-10(2-3-12(11)18)19-16(21)4-1-9-5-14-15(25-8-24-14)7-13(9)20(22)23/h1-7H,8H2,(H,19,21)/b4-1+. The second-order valence-electron chi connectivity index (χ2n) is 4.97. The molecule has 1 N–H and O–H groups in total. The van der Waals surface area contributed by atoms with Gasteiger partial charge in [0.2, 0.25) is 12.7 Å². The monoisotopic (exact) mass is 364 g/mol. The van der Waals surface area contributed by atoms with Crippen LogP contribution in [0.25, 0.3) is 6.08 Å². The summed E-state index contributed by atoms with van der Waals surface area (Å²) < 4.78 is 23.4. The largest absolute Gasteiger partial charge is 0.454 e. The van der Waals surface area contributed by atoms with Gasteiger partial charge >= 0.3 is 0 Å². The minimum Gasteiger partial charge on any atom is -0.454 e. The first kappa shape index (κ1) is 16.7. The highest BCUT2D eigenvalue weighted by molar-refractivity contribution is 6.31. The van der Waals surface area contributed by atoms with Crippen LogP contribution >= 0.6 is 11.6 Å². The Morgan fingerprint density at radius 2 is 2.00 bits per heavy atom. The number of nitro benzene ring substituents is 1. The molecule has 0 saturated carbocycles. The maximum absolute atomic E-state index is 13.1. The molecule has 1 aliphatic heterocycles. The average molecular weight is 365 g/mol. The van der Waals surface area contributed by atoms with Gasteiger partial charge in [-0.3, -0.25) is 14.9 Å². The van der Waals surface area contributed by atoms with Gasteiger partial charge < -0.3 is 14.8 Å². The molecule has 25 heavy (non-hydrogen) atoms. The van der Waals surface area contributed by atoms with Gasteiger partial charge in [0.15, 0.2) is 11.5 Å². The molecule has 0 spiro atoms. The Balaban J connectivity index is 1.80. The summed E-state index contributed by atoms with van der Waals surface area (Å²) in [6.45, 7) is -0.0224. The van der Waals surface area contributed by atoms with E-state index in [0.717, 1.165) is 12.1 Å². The molecular weight excluding hydrogens is 355 g/mol. The van der Waals surface area contributed by atoms with Crippen molar-refractivity contribution in [3.05, 3.63) is 62.9 Å². The number of halogens is 2. The molecule has 2 aromatic rings. The van der Waals surface area contributed by atoms with E-state index in [1.807, 2.05) is 0 Å². The van der Waals surface area contributed by atoms with Crippen LogP contribution in [0.4, 0.5) is 15.8 Å². The number of benzene rings is 2. The summed E-state index contributed by atoms with van der Waals surface area (Å²) >= 11 is 5.63. The van der Waals surface area contributed by atoms with Gasteiger partial charge in [0, 0.05) is 11.8 Å². The zero-order valence-corrected chi connectivity index (χ0v) is 13.2. The molecule has 3 rings (SSSR count). The Morgan fingerprint density at radius 3 is 2.68 bits per heavy atom. The molecule has 128 valence electrons. The number of fused-ring (bicyclic) bond motifs is 1. The van der Waals surface area contributed by atoms with Crippen LogP contribution in [-0.4, -0.2) is 17.6 Å². The molecule has 1 aliphatic rings. The number of carbonyl (C=O) groups is 1. The fourth-order valence-corrected chi connectivity index (χ4v) is 2.34. The lowest BCUT2D eigenvalue weighted by Crippen LogP contribution is -2.07. The molecule has 0 aliphatic carbocycles. The molecule has 0 atom stereocenters. The van der Waals surface area contributed by atoms with E-state index in [4.69, 9.17) is 21.1 Å². The molecule has 2 aromatic carbocycles. The van der Waals surface area contributed by atoms with E-state index < -0.39 is 16.6 Å². The molecule has 7 nitrogen and oxygen atoms in total. The summed E-state index contributed by atoms with van der Waals surface area (Å²) in [6, 6.07) is 6.37. The normalized spacial score (nSPS) is 12.4. The summed E-state index contributed by atoms with van der Waals surface area (Å²) in [4.78, 5) is 22.5. The number of nitrogens with zero attached hydrogens (tertiary/aromatic N) is 1. The third kappa shape index (κ3) is 3.69. The second-order valence-corrected chi connectivity index (χ2v) is 5.38. The van der Waals surface area contributed by atoms with E-state index >= 15 is 0 Å². The molecule has 0 unspecified atom stereocenters. The van der Waals surface area contributed by atoms with Crippen molar-refractivity contribution in [2.24, 2.45) is 0 Å². The number of rotatable bonds is 4. The minimum atomic E-state index is -0.605. The first-order chi connectivity index (χ1) is 11.9. The first-order valence-corrected chi connectivity index (χ1v) is 7.34. The summed E-state index contributed by atoms with van der Waals surface area (Å²) in [5, 5.41) is 13.5. The Morgan fingerprint density at radius 1 is 1.28 bits per heavy atom. The molecule has 0 bridgehead atoms. The van der Waals surface area contributed by atoms with Crippen molar-refractivity contribution in [1.29, 1.82) is 0 Å². The molecule has 0 aromatic heterocycles. The van der Waals surface area contributed by atoms with E-state index in [1.165, 1.54) is 30.3 Å². The van der Waals surface area contributed by atoms with Crippen LogP contribution in [0, 0.1) is 15.9 Å². The number of anilines is 1. The molecule has 0 fully saturated rings. The van der Waals surface area contributed by atoms with Crippen molar-refractivity contribution < 1.29 is 23.6 Å². The SMILES string of the molecule is O=C(/C=C/c1cc2c(cc1[N+](=O)[O-])OCO2)Nc1ccc(F)c(Cl)c1. The summed E-state index contributed by atoms with van der Waals surface area (Å²) in [5.41, 5.74) is 0.251. The number of carbonyl (C=O) groups excluding carboxylic acids is 1. The smallest absolute Gasteiger partial charge is 0.280 e. The van der Waals surface area contributed by atoms with Gasteiger partial charge in [-0.05, 0) is 30.3 Å². The number of hydrogen-bond donors (Lipinski definition) is 1. The van der Waals surface area contributed by atoms with Crippen LogP contribution in [0.1, 0.15) is 5.56 Å². The van der Waals surface area contributed by atoms with Crippen molar-refractivity contribution in [3.63, 3.8) is 0 Å². The maximum Gasteiger partial charge on any atom is 0.280 e. The van der Waals surface area contributed by atoms with Crippen LogP contribution in [0.2, 0.25) is 5.02 Å². The predicted molar refractivity (Wildman–Crippen MR) is 88.3 cm³/mol. The van der Waals surface area contributed by atoms with E-state index in [9.17, 15) is 19.3 Å². The Kier molecular flexibility index (Phi) is 4.53. The average Bonchev–Trinajstić information content (AvgIpc) is 3.02. The molecule has 1 amide bonds. The quantitative estimate of drug-likeness (QED) is 0.506. The molecule has 0 radical (unpaired) electrons. The molecular formula is C16H10ClFN2O5. The van der Waals surface area contributed by atoms with Crippen molar-refractivity contribution in [2.75, 3.05) is 12.1 Å². The van der Waals surface area contributed by atoms with E-state index in [1.54, 1.807) is 0 Å². The number of ether oxygens (including phenoxy) is 2. The Labute approximate surface area is 145 Å². The fraction of sp³-hybridized carbons (Fsp3) is 0.0625. The fourth-order valence-electron chi connectivity index (χ4n) is 2.16. The van der Waals surface area contributed by atoms with E-state index in [0.29, 0.717) is 11.4 Å². The molecule has 9 heteroatoms. The van der Waals surface area contributed by atoms with Crippen LogP contribution in [0.3, 0.4) is 0 Å². The topological polar surface area (TPSA) is 90.7 Å². The molecule has 1 heterocycles. The van der Waals surface area contributed by atoms with Crippen LogP contribution in [-0.2, 0) is 4.79 Å². The first-order valence-electron chi connectivity index (χ1n) is 6.96. The highest BCUT2D eigenvalue weighted by Crippen LogP contribution is 2.38. The highest BCUT2D eigenvalue weighted by Gasteiger charge is 2.22. The summed E-state index contributed by atoms with van der Waals surface area (Å²) in [5.74, 6) is -0.536. The number of amides is 1. The second kappa shape index (κ2) is 6.78. The van der Waals surface area contributed by atoms with E-state index in [-0.39, 0.29) is 28.8 Å². The summed E-state index contributed by atoms with van der Waals surface area (Å²) in [7, 11) is 0. The van der Waals surface area contributed by atoms with Crippen molar-refractivity contribution in [2.45, 2.75) is 0 Å².